The molecule has 0 aliphatic heterocycles. The Balaban J connectivity index is 4.40. The number of carboxylic acids is 1. The summed E-state index contributed by atoms with van der Waals surface area (Å²) in [6.45, 7) is 1.44. The lowest BCUT2D eigenvalue weighted by Gasteiger charge is -2.19. The highest BCUT2D eigenvalue weighted by Gasteiger charge is 2.27. The van der Waals surface area contributed by atoms with Gasteiger partial charge in [0.1, 0.15) is 12.6 Å². The molecule has 0 aliphatic carbocycles. The topological polar surface area (TPSA) is 172 Å². The maximum atomic E-state index is 12.1. The van der Waals surface area contributed by atoms with E-state index in [1.165, 1.54) is 0 Å². The molecule has 0 saturated carbocycles. The number of phosphoric acid groups is 1. The van der Waals surface area contributed by atoms with Crippen molar-refractivity contribution in [2.45, 2.75) is 64.5 Å². The van der Waals surface area contributed by atoms with E-state index in [0.29, 0.717) is 6.42 Å². The molecule has 36 heavy (non-hydrogen) atoms. The van der Waals surface area contributed by atoms with Crippen LogP contribution < -0.4 is 5.73 Å². The molecule has 12 heteroatoms. The monoisotopic (exact) mass is 531 g/mol. The first-order valence-electron chi connectivity index (χ1n) is 11.6. The van der Waals surface area contributed by atoms with Crippen molar-refractivity contribution >= 4 is 25.7 Å². The van der Waals surface area contributed by atoms with Crippen molar-refractivity contribution in [3.05, 3.63) is 48.6 Å². The van der Waals surface area contributed by atoms with Gasteiger partial charge in [-0.25, -0.2) is 4.57 Å². The molecular weight excluding hydrogens is 493 g/mol. The van der Waals surface area contributed by atoms with E-state index in [2.05, 4.69) is 41.8 Å². The maximum Gasteiger partial charge on any atom is 0.472 e. The van der Waals surface area contributed by atoms with Gasteiger partial charge in [-0.15, -0.1) is 0 Å². The van der Waals surface area contributed by atoms with E-state index >= 15 is 0 Å². The summed E-state index contributed by atoms with van der Waals surface area (Å²) in [4.78, 5) is 43.4. The summed E-state index contributed by atoms with van der Waals surface area (Å²) in [5.41, 5.74) is 5.20. The normalized spacial score (nSPS) is 15.4. The second-order valence-electron chi connectivity index (χ2n) is 7.46. The van der Waals surface area contributed by atoms with Gasteiger partial charge in [0.15, 0.2) is 6.10 Å². The number of carboxylic acid groups (broad SMARTS) is 1. The lowest BCUT2D eigenvalue weighted by Crippen LogP contribution is -2.34. The van der Waals surface area contributed by atoms with Crippen LogP contribution in [0.2, 0.25) is 0 Å². The van der Waals surface area contributed by atoms with E-state index in [-0.39, 0.29) is 6.42 Å². The minimum absolute atomic E-state index is 0.0333. The Morgan fingerprint density at radius 2 is 1.42 bits per heavy atom. The molecule has 0 aromatic rings. The van der Waals surface area contributed by atoms with E-state index < -0.39 is 57.7 Å². The Labute approximate surface area is 212 Å². The van der Waals surface area contributed by atoms with Crippen molar-refractivity contribution in [2.75, 3.05) is 19.8 Å². The third-order valence-corrected chi connectivity index (χ3v) is 5.11. The molecule has 11 nitrogen and oxygen atoms in total. The average Bonchev–Trinajstić information content (AvgIpc) is 2.82. The summed E-state index contributed by atoms with van der Waals surface area (Å²) in [6.07, 6.45) is 19.1. The number of ether oxygens (including phenoxy) is 2. The van der Waals surface area contributed by atoms with Crippen LogP contribution in [0.3, 0.4) is 0 Å². The lowest BCUT2D eigenvalue weighted by molar-refractivity contribution is -0.160. The number of hydrogen-bond donors (Lipinski definition) is 3. The van der Waals surface area contributed by atoms with E-state index in [1.807, 2.05) is 18.2 Å². The first-order valence-corrected chi connectivity index (χ1v) is 13.1. The van der Waals surface area contributed by atoms with Gasteiger partial charge in [-0.2, -0.15) is 0 Å². The molecule has 0 aromatic carbocycles. The number of carbonyl (C=O) groups is 3. The Kier molecular flexibility index (Phi) is 19.1. The fraction of sp³-hybridized carbons (Fsp3) is 0.542. The quantitative estimate of drug-likeness (QED) is 0.119. The highest BCUT2D eigenvalue weighted by molar-refractivity contribution is 7.47. The second kappa shape index (κ2) is 20.6. The molecule has 0 heterocycles. The van der Waals surface area contributed by atoms with Crippen molar-refractivity contribution in [1.29, 1.82) is 0 Å². The fourth-order valence-corrected chi connectivity index (χ4v) is 3.11. The van der Waals surface area contributed by atoms with Gasteiger partial charge in [0.05, 0.1) is 13.2 Å². The molecular formula is C24H38NO10P. The van der Waals surface area contributed by atoms with E-state index in [9.17, 15) is 23.8 Å². The van der Waals surface area contributed by atoms with E-state index in [0.717, 1.165) is 32.6 Å². The number of rotatable bonds is 20. The SMILES string of the molecule is CC/C=C\C/C=C\C/C=C\C/C=C\CCC(=O)OC(COC(C)=O)COP(=O)(O)OCC(N)C(=O)O. The first kappa shape index (κ1) is 33.4. The molecule has 204 valence electrons. The molecule has 4 N–H and O–H groups in total. The van der Waals surface area contributed by atoms with Crippen LogP contribution in [-0.4, -0.2) is 59.9 Å². The smallest absolute Gasteiger partial charge is 0.472 e. The minimum atomic E-state index is -4.68. The third-order valence-electron chi connectivity index (χ3n) is 4.16. The highest BCUT2D eigenvalue weighted by Crippen LogP contribution is 2.43. The number of esters is 2. The van der Waals surface area contributed by atoms with Crippen LogP contribution in [0.15, 0.2) is 48.6 Å². The molecule has 0 radical (unpaired) electrons. The summed E-state index contributed by atoms with van der Waals surface area (Å²) in [5, 5.41) is 8.68. The maximum absolute atomic E-state index is 12.1. The molecule has 0 aliphatic rings. The molecule has 3 atom stereocenters. The van der Waals surface area contributed by atoms with Crippen molar-refractivity contribution in [3.8, 4) is 0 Å². The van der Waals surface area contributed by atoms with Crippen LogP contribution >= 0.6 is 7.82 Å². The van der Waals surface area contributed by atoms with Gasteiger partial charge in [0.25, 0.3) is 0 Å². The van der Waals surface area contributed by atoms with Crippen molar-refractivity contribution in [1.82, 2.24) is 0 Å². The van der Waals surface area contributed by atoms with Crippen LogP contribution in [0, 0.1) is 0 Å². The van der Waals surface area contributed by atoms with Gasteiger partial charge >= 0.3 is 25.7 Å². The Hall–Kier alpha value is -2.56. The van der Waals surface area contributed by atoms with Gasteiger partial charge in [0.2, 0.25) is 0 Å². The van der Waals surface area contributed by atoms with Crippen LogP contribution in [0.4, 0.5) is 0 Å². The lowest BCUT2D eigenvalue weighted by atomic mass is 10.2. The number of carbonyl (C=O) groups excluding carboxylic acids is 2. The molecule has 0 saturated heterocycles. The van der Waals surface area contributed by atoms with Gasteiger partial charge in [-0.05, 0) is 32.1 Å². The summed E-state index contributed by atoms with van der Waals surface area (Å²) < 4.78 is 31.0. The summed E-state index contributed by atoms with van der Waals surface area (Å²) >= 11 is 0. The Morgan fingerprint density at radius 1 is 0.889 bits per heavy atom. The third kappa shape index (κ3) is 20.8. The average molecular weight is 532 g/mol. The molecule has 0 aromatic heterocycles. The molecule has 0 amide bonds. The van der Waals surface area contributed by atoms with Gasteiger partial charge in [-0.3, -0.25) is 23.4 Å². The predicted octanol–water partition coefficient (Wildman–Crippen LogP) is 3.59. The van der Waals surface area contributed by atoms with Gasteiger partial charge < -0.3 is 25.2 Å². The van der Waals surface area contributed by atoms with Crippen LogP contribution in [0.25, 0.3) is 0 Å². The highest BCUT2D eigenvalue weighted by atomic mass is 31.2. The standard InChI is InChI=1S/C24H38NO10P/c1-3-4-5-6-7-8-9-10-11-12-13-14-15-16-23(27)35-21(17-32-20(2)26)18-33-36(30,31)34-19-22(25)24(28)29/h4-5,7-8,10-11,13-14,21-22H,3,6,9,12,15-19,25H2,1-2H3,(H,28,29)(H,30,31)/b5-4-,8-7-,11-10-,14-13-. The molecule has 0 bridgehead atoms. The molecule has 3 unspecified atom stereocenters. The number of allylic oxidation sites excluding steroid dienone is 8. The second-order valence-corrected chi connectivity index (χ2v) is 8.91. The summed E-state index contributed by atoms with van der Waals surface area (Å²) in [7, 11) is -4.68. The zero-order chi connectivity index (χ0) is 27.2. The van der Waals surface area contributed by atoms with Crippen molar-refractivity contribution in [3.63, 3.8) is 0 Å². The number of hydrogen-bond acceptors (Lipinski definition) is 9. The van der Waals surface area contributed by atoms with Gasteiger partial charge in [0, 0.05) is 13.3 Å². The number of phosphoric ester groups is 1. The first-order chi connectivity index (χ1) is 17.1. The Bertz CT molecular complexity index is 822. The minimum Gasteiger partial charge on any atom is -0.480 e. The molecule has 0 rings (SSSR count). The Morgan fingerprint density at radius 3 is 1.94 bits per heavy atom. The predicted molar refractivity (Wildman–Crippen MR) is 134 cm³/mol. The van der Waals surface area contributed by atoms with Gasteiger partial charge in [-0.1, -0.05) is 55.5 Å². The largest absolute Gasteiger partial charge is 0.480 e. The van der Waals surface area contributed by atoms with Crippen LogP contribution in [0.5, 0.6) is 0 Å². The molecule has 0 fully saturated rings. The van der Waals surface area contributed by atoms with Crippen LogP contribution in [0.1, 0.15) is 52.4 Å². The summed E-state index contributed by atoms with van der Waals surface area (Å²) in [6, 6.07) is -1.53. The number of nitrogens with two attached hydrogens (primary N) is 1. The van der Waals surface area contributed by atoms with E-state index in [1.54, 1.807) is 0 Å². The van der Waals surface area contributed by atoms with Crippen molar-refractivity contribution < 1.29 is 47.5 Å². The zero-order valence-electron chi connectivity index (χ0n) is 20.8. The zero-order valence-corrected chi connectivity index (χ0v) is 21.7. The van der Waals surface area contributed by atoms with E-state index in [4.69, 9.17) is 24.8 Å². The van der Waals surface area contributed by atoms with Crippen molar-refractivity contribution in [2.24, 2.45) is 5.73 Å². The molecule has 0 spiro atoms. The summed E-state index contributed by atoms with van der Waals surface area (Å²) in [5.74, 6) is -2.70. The van der Waals surface area contributed by atoms with Crippen LogP contribution in [-0.2, 0) is 37.5 Å². The fourth-order valence-electron chi connectivity index (χ4n) is 2.33. The number of aliphatic carboxylic acids is 1.